The SMILES string of the molecule is O=CNC(=O)C=Cc1c2ccccc2cc2ccccc12. The van der Waals surface area contributed by atoms with Gasteiger partial charge in [-0.15, -0.1) is 0 Å². The molecule has 1 N–H and O–H groups in total. The molecule has 0 bridgehead atoms. The van der Waals surface area contributed by atoms with Crippen LogP contribution in [0.3, 0.4) is 0 Å². The molecule has 0 heterocycles. The Morgan fingerprint density at radius 2 is 1.48 bits per heavy atom. The predicted molar refractivity (Wildman–Crippen MR) is 84.7 cm³/mol. The first-order valence-electron chi connectivity index (χ1n) is 6.62. The van der Waals surface area contributed by atoms with Gasteiger partial charge in [0.25, 0.3) is 0 Å². The average Bonchev–Trinajstić information content (AvgIpc) is 2.51. The van der Waals surface area contributed by atoms with Gasteiger partial charge in [-0.3, -0.25) is 14.9 Å². The van der Waals surface area contributed by atoms with Crippen molar-refractivity contribution in [3.63, 3.8) is 0 Å². The third kappa shape index (κ3) is 2.54. The van der Waals surface area contributed by atoms with E-state index in [1.165, 1.54) is 6.08 Å². The molecule has 0 fully saturated rings. The van der Waals surface area contributed by atoms with E-state index in [0.717, 1.165) is 27.1 Å². The molecule has 0 aliphatic rings. The van der Waals surface area contributed by atoms with E-state index < -0.39 is 5.91 Å². The Morgan fingerprint density at radius 1 is 0.905 bits per heavy atom. The van der Waals surface area contributed by atoms with Crippen molar-refractivity contribution in [2.24, 2.45) is 0 Å². The van der Waals surface area contributed by atoms with Crippen molar-refractivity contribution in [3.05, 3.63) is 66.2 Å². The highest BCUT2D eigenvalue weighted by Gasteiger charge is 2.05. The molecule has 0 saturated heterocycles. The number of imide groups is 1. The number of benzene rings is 3. The molecule has 3 nitrogen and oxygen atoms in total. The van der Waals surface area contributed by atoms with Crippen LogP contribution in [0.4, 0.5) is 0 Å². The maximum Gasteiger partial charge on any atom is 0.250 e. The van der Waals surface area contributed by atoms with Crippen LogP contribution >= 0.6 is 0 Å². The van der Waals surface area contributed by atoms with Crippen molar-refractivity contribution in [1.29, 1.82) is 0 Å². The average molecular weight is 275 g/mol. The fraction of sp³-hybridized carbons (Fsp3) is 0. The summed E-state index contributed by atoms with van der Waals surface area (Å²) in [5, 5.41) is 6.49. The molecule has 102 valence electrons. The van der Waals surface area contributed by atoms with Crippen LogP contribution < -0.4 is 5.32 Å². The number of carbonyl (C=O) groups excluding carboxylic acids is 2. The van der Waals surface area contributed by atoms with E-state index in [1.807, 2.05) is 48.5 Å². The molecule has 0 aliphatic carbocycles. The van der Waals surface area contributed by atoms with Crippen molar-refractivity contribution in [1.82, 2.24) is 5.32 Å². The summed E-state index contributed by atoms with van der Waals surface area (Å²) in [6, 6.07) is 18.2. The molecule has 2 amide bonds. The van der Waals surface area contributed by atoms with Gasteiger partial charge in [-0.1, -0.05) is 48.5 Å². The molecule has 3 rings (SSSR count). The van der Waals surface area contributed by atoms with Gasteiger partial charge in [-0.25, -0.2) is 0 Å². The maximum absolute atomic E-state index is 11.5. The standard InChI is InChI=1S/C18H13NO2/c20-12-19-18(21)10-9-17-15-7-3-1-5-13(15)11-14-6-2-4-8-16(14)17/h1-12H,(H,19,20,21). The van der Waals surface area contributed by atoms with Crippen LogP contribution in [0.1, 0.15) is 5.56 Å². The number of hydrogen-bond acceptors (Lipinski definition) is 2. The Morgan fingerprint density at radius 3 is 2.05 bits per heavy atom. The maximum atomic E-state index is 11.5. The van der Waals surface area contributed by atoms with E-state index in [0.29, 0.717) is 6.41 Å². The van der Waals surface area contributed by atoms with Crippen LogP contribution in [-0.4, -0.2) is 12.3 Å². The fourth-order valence-corrected chi connectivity index (χ4v) is 2.49. The van der Waals surface area contributed by atoms with Gasteiger partial charge in [0, 0.05) is 6.08 Å². The van der Waals surface area contributed by atoms with Crippen LogP contribution in [0.2, 0.25) is 0 Å². The second-order valence-corrected chi connectivity index (χ2v) is 4.69. The fourth-order valence-electron chi connectivity index (χ4n) is 2.49. The monoisotopic (exact) mass is 275 g/mol. The smallest absolute Gasteiger partial charge is 0.250 e. The molecular weight excluding hydrogens is 262 g/mol. The third-order valence-corrected chi connectivity index (χ3v) is 3.42. The third-order valence-electron chi connectivity index (χ3n) is 3.42. The summed E-state index contributed by atoms with van der Waals surface area (Å²) >= 11 is 0. The van der Waals surface area contributed by atoms with E-state index in [2.05, 4.69) is 11.4 Å². The minimum absolute atomic E-state index is 0.383. The Balaban J connectivity index is 2.25. The summed E-state index contributed by atoms with van der Waals surface area (Å²) in [7, 11) is 0. The molecule has 0 radical (unpaired) electrons. The Bertz CT molecular complexity index is 811. The largest absolute Gasteiger partial charge is 0.295 e. The van der Waals surface area contributed by atoms with Gasteiger partial charge >= 0.3 is 0 Å². The van der Waals surface area contributed by atoms with E-state index in [4.69, 9.17) is 0 Å². The second kappa shape index (κ2) is 5.59. The number of amides is 2. The lowest BCUT2D eigenvalue weighted by Gasteiger charge is -2.08. The Labute approximate surface area is 121 Å². The molecule has 0 spiro atoms. The predicted octanol–water partition coefficient (Wildman–Crippen LogP) is 3.28. The number of rotatable bonds is 3. The van der Waals surface area contributed by atoms with E-state index in [1.54, 1.807) is 6.08 Å². The topological polar surface area (TPSA) is 46.2 Å². The molecule has 0 aromatic heterocycles. The Kier molecular flexibility index (Phi) is 3.48. The zero-order chi connectivity index (χ0) is 14.7. The van der Waals surface area contributed by atoms with Gasteiger partial charge < -0.3 is 0 Å². The first kappa shape index (κ1) is 13.1. The quantitative estimate of drug-likeness (QED) is 0.453. The van der Waals surface area contributed by atoms with E-state index >= 15 is 0 Å². The number of hydrogen-bond donors (Lipinski definition) is 1. The van der Waals surface area contributed by atoms with Crippen LogP contribution in [0, 0.1) is 0 Å². The molecular formula is C18H13NO2. The highest BCUT2D eigenvalue weighted by molar-refractivity contribution is 6.08. The van der Waals surface area contributed by atoms with Crippen molar-refractivity contribution in [2.75, 3.05) is 0 Å². The number of nitrogens with one attached hydrogen (secondary N) is 1. The highest BCUT2D eigenvalue weighted by Crippen LogP contribution is 2.29. The first-order valence-corrected chi connectivity index (χ1v) is 6.62. The molecule has 0 saturated carbocycles. The van der Waals surface area contributed by atoms with Crippen LogP contribution in [0.5, 0.6) is 0 Å². The first-order chi connectivity index (χ1) is 10.3. The summed E-state index contributed by atoms with van der Waals surface area (Å²) in [5.41, 5.74) is 0.977. The molecule has 21 heavy (non-hydrogen) atoms. The Hall–Kier alpha value is -2.94. The normalized spacial score (nSPS) is 11.0. The minimum Gasteiger partial charge on any atom is -0.295 e. The van der Waals surface area contributed by atoms with Gasteiger partial charge in [-0.2, -0.15) is 0 Å². The molecule has 0 aliphatic heterocycles. The zero-order valence-corrected chi connectivity index (χ0v) is 11.2. The van der Waals surface area contributed by atoms with Crippen molar-refractivity contribution >= 4 is 39.9 Å². The summed E-state index contributed by atoms with van der Waals surface area (Å²) in [6.45, 7) is 0. The second-order valence-electron chi connectivity index (χ2n) is 4.69. The zero-order valence-electron chi connectivity index (χ0n) is 11.2. The van der Waals surface area contributed by atoms with Crippen LogP contribution in [-0.2, 0) is 9.59 Å². The lowest BCUT2D eigenvalue weighted by Crippen LogP contribution is -2.17. The summed E-state index contributed by atoms with van der Waals surface area (Å²) in [5.74, 6) is -0.429. The minimum atomic E-state index is -0.429. The van der Waals surface area contributed by atoms with Crippen molar-refractivity contribution < 1.29 is 9.59 Å². The van der Waals surface area contributed by atoms with E-state index in [-0.39, 0.29) is 0 Å². The summed E-state index contributed by atoms with van der Waals surface area (Å²) < 4.78 is 0. The lowest BCUT2D eigenvalue weighted by atomic mass is 9.96. The van der Waals surface area contributed by atoms with Crippen molar-refractivity contribution in [2.45, 2.75) is 0 Å². The van der Waals surface area contributed by atoms with Crippen LogP contribution in [0.15, 0.2) is 60.7 Å². The van der Waals surface area contributed by atoms with Gasteiger partial charge in [0.15, 0.2) is 0 Å². The molecule has 3 aromatic rings. The van der Waals surface area contributed by atoms with Gasteiger partial charge in [0.2, 0.25) is 12.3 Å². The summed E-state index contributed by atoms with van der Waals surface area (Å²) in [6.07, 6.45) is 3.51. The van der Waals surface area contributed by atoms with Crippen LogP contribution in [0.25, 0.3) is 27.6 Å². The number of carbonyl (C=O) groups is 2. The number of fused-ring (bicyclic) bond motifs is 2. The van der Waals surface area contributed by atoms with Gasteiger partial charge in [-0.05, 0) is 39.3 Å². The molecule has 0 unspecified atom stereocenters. The summed E-state index contributed by atoms with van der Waals surface area (Å²) in [4.78, 5) is 21.7. The molecule has 3 aromatic carbocycles. The van der Waals surface area contributed by atoms with Gasteiger partial charge in [0.1, 0.15) is 0 Å². The molecule has 3 heteroatoms. The van der Waals surface area contributed by atoms with Crippen molar-refractivity contribution in [3.8, 4) is 0 Å². The van der Waals surface area contributed by atoms with Gasteiger partial charge in [0.05, 0.1) is 0 Å². The van der Waals surface area contributed by atoms with E-state index in [9.17, 15) is 9.59 Å². The highest BCUT2D eigenvalue weighted by atomic mass is 16.2. The molecule has 0 atom stereocenters. The lowest BCUT2D eigenvalue weighted by molar-refractivity contribution is -0.121.